The number of carbonyl (C=O) groups is 2. The number of carboxylic acid groups (broad SMARTS) is 1. The van der Waals surface area contributed by atoms with Crippen molar-refractivity contribution in [1.29, 1.82) is 5.41 Å². The van der Waals surface area contributed by atoms with E-state index in [0.717, 1.165) is 16.8 Å². The van der Waals surface area contributed by atoms with E-state index in [0.29, 0.717) is 24.1 Å². The highest BCUT2D eigenvalue weighted by Gasteiger charge is 2.35. The molecule has 0 spiro atoms. The first-order valence-corrected chi connectivity index (χ1v) is 9.55. The molecule has 4 N–H and O–H groups in total. The Morgan fingerprint density at radius 1 is 1.29 bits per heavy atom. The largest absolute Gasteiger partial charge is 0.481 e. The van der Waals surface area contributed by atoms with Crippen LogP contribution < -0.4 is 10.5 Å². The van der Waals surface area contributed by atoms with E-state index in [1.807, 2.05) is 13.8 Å². The summed E-state index contributed by atoms with van der Waals surface area (Å²) in [6, 6.07) is 7.70. The van der Waals surface area contributed by atoms with Gasteiger partial charge in [-0.2, -0.15) is 0 Å². The van der Waals surface area contributed by atoms with Crippen LogP contribution in [0.4, 0.5) is 4.39 Å². The standard InChI is InChI=1S/C19H21FO4S.CH4N2/c1-4-19(5-2,18(22)23)11-13-7-9-16(25-13)17(21)24-15-8-6-12(3)10-14(15)20;2-1-3/h6-10H,4-5,11H2,1-3H3,(H,22,23);1H,(H3,2,3). The summed E-state index contributed by atoms with van der Waals surface area (Å²) in [5.74, 6) is -2.19. The highest BCUT2D eigenvalue weighted by atomic mass is 32.1. The van der Waals surface area contributed by atoms with Crippen molar-refractivity contribution >= 4 is 29.6 Å². The predicted octanol–water partition coefficient (Wildman–Crippen LogP) is 4.40. The van der Waals surface area contributed by atoms with Crippen molar-refractivity contribution in [3.8, 4) is 5.75 Å². The molecule has 28 heavy (non-hydrogen) atoms. The van der Waals surface area contributed by atoms with E-state index in [2.05, 4.69) is 5.73 Å². The quantitative estimate of drug-likeness (QED) is 0.272. The first-order chi connectivity index (χ1) is 13.2. The molecule has 6 nitrogen and oxygen atoms in total. The molecule has 0 aliphatic rings. The zero-order valence-electron chi connectivity index (χ0n) is 16.1. The van der Waals surface area contributed by atoms with Gasteiger partial charge in [-0.1, -0.05) is 19.9 Å². The fraction of sp³-hybridized carbons (Fsp3) is 0.350. The second-order valence-electron chi connectivity index (χ2n) is 6.23. The van der Waals surface area contributed by atoms with Crippen molar-refractivity contribution in [2.45, 2.75) is 40.0 Å². The number of aliphatic carboxylic acids is 1. The van der Waals surface area contributed by atoms with Gasteiger partial charge in [0.1, 0.15) is 4.88 Å². The van der Waals surface area contributed by atoms with Crippen LogP contribution in [0.5, 0.6) is 5.75 Å². The van der Waals surface area contributed by atoms with Crippen LogP contribution in [-0.2, 0) is 11.2 Å². The van der Waals surface area contributed by atoms with Crippen LogP contribution in [0.15, 0.2) is 30.3 Å². The Balaban J connectivity index is 0.00000122. The Hall–Kier alpha value is -2.74. The Labute approximate surface area is 167 Å². The molecule has 2 aromatic rings. The lowest BCUT2D eigenvalue weighted by Crippen LogP contribution is -2.31. The van der Waals surface area contributed by atoms with Crippen LogP contribution in [0.2, 0.25) is 0 Å². The highest BCUT2D eigenvalue weighted by Crippen LogP contribution is 2.34. The van der Waals surface area contributed by atoms with Crippen LogP contribution in [0, 0.1) is 23.6 Å². The minimum absolute atomic E-state index is 0.118. The van der Waals surface area contributed by atoms with Gasteiger partial charge in [-0.05, 0) is 56.0 Å². The first-order valence-electron chi connectivity index (χ1n) is 8.74. The van der Waals surface area contributed by atoms with Gasteiger partial charge in [-0.15, -0.1) is 11.3 Å². The van der Waals surface area contributed by atoms with Gasteiger partial charge < -0.3 is 15.6 Å². The normalized spacial score (nSPS) is 10.6. The molecule has 1 aromatic carbocycles. The molecule has 1 heterocycles. The predicted molar refractivity (Wildman–Crippen MR) is 108 cm³/mol. The monoisotopic (exact) mass is 408 g/mol. The number of ether oxygens (including phenoxy) is 1. The summed E-state index contributed by atoms with van der Waals surface area (Å²) in [6.45, 7) is 5.44. The molecule has 0 aliphatic heterocycles. The van der Waals surface area contributed by atoms with E-state index in [4.69, 9.17) is 10.1 Å². The summed E-state index contributed by atoms with van der Waals surface area (Å²) in [7, 11) is 0. The average molecular weight is 408 g/mol. The third-order valence-corrected chi connectivity index (χ3v) is 5.54. The molecule has 2 rings (SSSR count). The Kier molecular flexibility index (Phi) is 8.78. The zero-order chi connectivity index (χ0) is 21.3. The number of aryl methyl sites for hydroxylation is 1. The van der Waals surface area contributed by atoms with Gasteiger partial charge in [-0.25, -0.2) is 9.18 Å². The number of halogens is 1. The fourth-order valence-corrected chi connectivity index (χ4v) is 3.66. The number of esters is 1. The SMILES string of the molecule is CCC(CC)(Cc1ccc(C(=O)Oc2ccc(C)cc2F)s1)C(=O)O.N=CN. The maximum Gasteiger partial charge on any atom is 0.353 e. The smallest absolute Gasteiger partial charge is 0.353 e. The summed E-state index contributed by atoms with van der Waals surface area (Å²) in [4.78, 5) is 24.9. The van der Waals surface area contributed by atoms with Crippen LogP contribution in [0.25, 0.3) is 0 Å². The number of hydrogen-bond acceptors (Lipinski definition) is 5. The van der Waals surface area contributed by atoms with Crippen molar-refractivity contribution in [3.05, 3.63) is 51.5 Å². The number of benzene rings is 1. The van der Waals surface area contributed by atoms with E-state index in [1.165, 1.54) is 23.5 Å². The Morgan fingerprint density at radius 3 is 2.39 bits per heavy atom. The summed E-state index contributed by atoms with van der Waals surface area (Å²) < 4.78 is 18.9. The fourth-order valence-electron chi connectivity index (χ4n) is 2.63. The van der Waals surface area contributed by atoms with Crippen LogP contribution >= 0.6 is 11.3 Å². The topological polar surface area (TPSA) is 113 Å². The van der Waals surface area contributed by atoms with Crippen LogP contribution in [0.1, 0.15) is 46.8 Å². The minimum atomic E-state index is -0.838. The number of nitrogens with one attached hydrogen (secondary N) is 1. The number of carbonyl (C=O) groups excluding carboxylic acids is 1. The van der Waals surface area contributed by atoms with E-state index >= 15 is 0 Å². The van der Waals surface area contributed by atoms with Gasteiger partial charge >= 0.3 is 11.9 Å². The maximum atomic E-state index is 13.8. The van der Waals surface area contributed by atoms with E-state index in [9.17, 15) is 19.1 Å². The maximum absolute atomic E-state index is 13.8. The molecule has 1 aromatic heterocycles. The molecule has 0 bridgehead atoms. The van der Waals surface area contributed by atoms with Gasteiger partial charge in [0.25, 0.3) is 0 Å². The van der Waals surface area contributed by atoms with Gasteiger partial charge in [0.15, 0.2) is 11.6 Å². The molecular formula is C20H25FN2O4S. The minimum Gasteiger partial charge on any atom is -0.481 e. The van der Waals surface area contributed by atoms with Gasteiger partial charge in [-0.3, -0.25) is 10.2 Å². The van der Waals surface area contributed by atoms with E-state index < -0.39 is 23.2 Å². The second kappa shape index (κ2) is 10.6. The third-order valence-electron chi connectivity index (χ3n) is 4.47. The highest BCUT2D eigenvalue weighted by molar-refractivity contribution is 7.13. The Bertz CT molecular complexity index is 831. The molecule has 0 unspecified atom stereocenters. The van der Waals surface area contributed by atoms with Gasteiger partial charge in [0, 0.05) is 4.88 Å². The molecule has 0 saturated carbocycles. The number of thiophene rings is 1. The average Bonchev–Trinajstić information content (AvgIpc) is 3.11. The van der Waals surface area contributed by atoms with E-state index in [-0.39, 0.29) is 5.75 Å². The molecule has 0 radical (unpaired) electrons. The number of nitrogens with two attached hydrogens (primary N) is 1. The van der Waals surface area contributed by atoms with Crippen LogP contribution in [-0.4, -0.2) is 23.4 Å². The number of carboxylic acids is 1. The molecule has 0 amide bonds. The van der Waals surface area contributed by atoms with Crippen molar-refractivity contribution in [2.75, 3.05) is 0 Å². The van der Waals surface area contributed by atoms with Crippen molar-refractivity contribution in [2.24, 2.45) is 11.1 Å². The number of rotatable bonds is 7. The number of hydrogen-bond donors (Lipinski definition) is 3. The van der Waals surface area contributed by atoms with E-state index in [1.54, 1.807) is 25.1 Å². The molecular weight excluding hydrogens is 383 g/mol. The van der Waals surface area contributed by atoms with Crippen molar-refractivity contribution in [1.82, 2.24) is 0 Å². The zero-order valence-corrected chi connectivity index (χ0v) is 16.9. The summed E-state index contributed by atoms with van der Waals surface area (Å²) in [6.07, 6.45) is 2.11. The summed E-state index contributed by atoms with van der Waals surface area (Å²) in [5, 5.41) is 15.4. The third kappa shape index (κ3) is 5.88. The summed E-state index contributed by atoms with van der Waals surface area (Å²) in [5.41, 5.74) is 4.29. The molecule has 0 saturated heterocycles. The molecule has 8 heteroatoms. The van der Waals surface area contributed by atoms with Gasteiger partial charge in [0.2, 0.25) is 0 Å². The molecule has 0 atom stereocenters. The van der Waals surface area contributed by atoms with Gasteiger partial charge in [0.05, 0.1) is 11.8 Å². The Morgan fingerprint density at radius 2 is 1.89 bits per heavy atom. The second-order valence-corrected chi connectivity index (χ2v) is 7.39. The molecule has 0 fully saturated rings. The lowest BCUT2D eigenvalue weighted by atomic mass is 9.79. The first kappa shape index (κ1) is 23.3. The molecule has 152 valence electrons. The molecule has 0 aliphatic carbocycles. The lowest BCUT2D eigenvalue weighted by Gasteiger charge is -2.25. The summed E-state index contributed by atoms with van der Waals surface area (Å²) >= 11 is 1.18. The van der Waals surface area contributed by atoms with Crippen molar-refractivity contribution < 1.29 is 23.8 Å². The van der Waals surface area contributed by atoms with Crippen molar-refractivity contribution in [3.63, 3.8) is 0 Å². The lowest BCUT2D eigenvalue weighted by molar-refractivity contribution is -0.149. The van der Waals surface area contributed by atoms with Crippen LogP contribution in [0.3, 0.4) is 0 Å².